The van der Waals surface area contributed by atoms with E-state index in [1.807, 2.05) is 0 Å². The molecular weight excluding hydrogens is 387 g/mol. The molecule has 1 heterocycles. The molecular formula is C24H38ClO2P. The van der Waals surface area contributed by atoms with Crippen LogP contribution in [0.2, 0.25) is 5.02 Å². The van der Waals surface area contributed by atoms with Gasteiger partial charge in [-0.25, -0.2) is 0 Å². The van der Waals surface area contributed by atoms with Crippen LogP contribution in [0.4, 0.5) is 0 Å². The van der Waals surface area contributed by atoms with Gasteiger partial charge in [-0.15, -0.1) is 0 Å². The summed E-state index contributed by atoms with van der Waals surface area (Å²) in [5.74, 6) is 0. The average Bonchev–Trinajstić information content (AvgIpc) is 2.63. The van der Waals surface area contributed by atoms with Gasteiger partial charge < -0.3 is 0 Å². The van der Waals surface area contributed by atoms with Crippen LogP contribution in [-0.2, 0) is 21.7 Å². The highest BCUT2D eigenvalue weighted by molar-refractivity contribution is 7.24. The predicted molar refractivity (Wildman–Crippen MR) is 125 cm³/mol. The van der Waals surface area contributed by atoms with Gasteiger partial charge >= 0.3 is 0 Å². The zero-order valence-electron chi connectivity index (χ0n) is 19.8. The second kappa shape index (κ2) is 7.13. The minimum atomic E-state index is -0.0938. The SMILES string of the molecule is CC(C)(C)c1cc2oo[pH]c(C(C)(C)C)c(C(C)(C)C)c2c(Cl)c1C(C)(C)C. The summed E-state index contributed by atoms with van der Waals surface area (Å²) in [6, 6.07) is 2.16. The summed E-state index contributed by atoms with van der Waals surface area (Å²) in [5, 5.41) is 3.07. The summed E-state index contributed by atoms with van der Waals surface area (Å²) in [6.07, 6.45) is 0. The van der Waals surface area contributed by atoms with Gasteiger partial charge in [0.05, 0.1) is 13.5 Å². The lowest BCUT2D eigenvalue weighted by molar-refractivity contribution is 0.125. The van der Waals surface area contributed by atoms with Gasteiger partial charge in [0, 0.05) is 10.7 Å². The number of rotatable bonds is 0. The monoisotopic (exact) mass is 424 g/mol. The van der Waals surface area contributed by atoms with Crippen LogP contribution in [0.15, 0.2) is 15.0 Å². The van der Waals surface area contributed by atoms with Crippen LogP contribution < -0.4 is 0 Å². The number of hydrogen-bond donors (Lipinski definition) is 0. The van der Waals surface area contributed by atoms with Gasteiger partial charge in [0.25, 0.3) is 0 Å². The topological polar surface area (TPSA) is 26.3 Å². The van der Waals surface area contributed by atoms with E-state index in [1.54, 1.807) is 0 Å². The van der Waals surface area contributed by atoms with Crippen molar-refractivity contribution in [2.75, 3.05) is 0 Å². The molecule has 0 aliphatic heterocycles. The van der Waals surface area contributed by atoms with Gasteiger partial charge in [0.2, 0.25) is 0 Å². The Morgan fingerprint density at radius 2 is 1.21 bits per heavy atom. The molecule has 0 spiro atoms. The van der Waals surface area contributed by atoms with Crippen LogP contribution in [-0.4, -0.2) is 0 Å². The lowest BCUT2D eigenvalue weighted by atomic mass is 9.73. The largest absolute Gasteiger partial charge is 0.287 e. The molecule has 0 radical (unpaired) electrons. The van der Waals surface area contributed by atoms with Gasteiger partial charge in [-0.2, -0.15) is 0 Å². The molecule has 0 fully saturated rings. The molecule has 1 unspecified atom stereocenters. The first-order chi connectivity index (χ1) is 12.4. The first-order valence-electron chi connectivity index (χ1n) is 10.1. The third-order valence-corrected chi connectivity index (χ3v) is 6.81. The van der Waals surface area contributed by atoms with E-state index in [0.717, 1.165) is 16.0 Å². The van der Waals surface area contributed by atoms with Crippen molar-refractivity contribution in [3.63, 3.8) is 0 Å². The third-order valence-electron chi connectivity index (χ3n) is 5.06. The molecule has 0 bridgehead atoms. The van der Waals surface area contributed by atoms with E-state index < -0.39 is 0 Å². The van der Waals surface area contributed by atoms with Crippen molar-refractivity contribution in [2.45, 2.75) is 105 Å². The van der Waals surface area contributed by atoms with E-state index in [4.69, 9.17) is 20.5 Å². The van der Waals surface area contributed by atoms with E-state index in [2.05, 4.69) is 89.2 Å². The molecule has 28 heavy (non-hydrogen) atoms. The summed E-state index contributed by atoms with van der Waals surface area (Å²) < 4.78 is 11.6. The first kappa shape index (κ1) is 23.4. The van der Waals surface area contributed by atoms with Gasteiger partial charge in [0.15, 0.2) is 5.58 Å². The molecule has 2 nitrogen and oxygen atoms in total. The van der Waals surface area contributed by atoms with Crippen molar-refractivity contribution < 1.29 is 8.93 Å². The molecule has 158 valence electrons. The summed E-state index contributed by atoms with van der Waals surface area (Å²) in [4.78, 5) is 0. The normalized spacial score (nSPS) is 14.2. The van der Waals surface area contributed by atoms with Gasteiger partial charge in [0.1, 0.15) is 0 Å². The summed E-state index contributed by atoms with van der Waals surface area (Å²) in [5.41, 5.74) is 4.12. The van der Waals surface area contributed by atoms with Crippen LogP contribution in [0.3, 0.4) is 0 Å². The molecule has 2 aromatic rings. The standard InChI is InChI=1S/C24H38ClO2P/c1-21(2,3)14-13-15-16(19(25)17(14)22(4,5)6)18(23(7,8)9)20(24(10,11)12)28-27-26-15/h13,28H,1-12H3. The Balaban J connectivity index is 3.27. The molecule has 0 saturated carbocycles. The first-order valence-corrected chi connectivity index (χ1v) is 11.4. The highest BCUT2D eigenvalue weighted by Crippen LogP contribution is 2.48. The van der Waals surface area contributed by atoms with Crippen LogP contribution in [0, 0.1) is 0 Å². The van der Waals surface area contributed by atoms with E-state index in [-0.39, 0.29) is 30.1 Å². The minimum absolute atomic E-state index is 0.0417. The maximum Gasteiger partial charge on any atom is 0.188 e. The Labute approximate surface area is 177 Å². The predicted octanol–water partition coefficient (Wildman–Crippen LogP) is 9.02. The Morgan fingerprint density at radius 1 is 0.714 bits per heavy atom. The average molecular weight is 425 g/mol. The highest BCUT2D eigenvalue weighted by atomic mass is 35.5. The Hall–Kier alpha value is -0.850. The Morgan fingerprint density at radius 3 is 1.61 bits per heavy atom. The maximum atomic E-state index is 7.24. The molecule has 2 rings (SSSR count). The van der Waals surface area contributed by atoms with Crippen molar-refractivity contribution in [3.8, 4) is 0 Å². The second-order valence-corrected chi connectivity index (χ2v) is 13.3. The van der Waals surface area contributed by atoms with Crippen LogP contribution in [0.5, 0.6) is 0 Å². The maximum absolute atomic E-state index is 7.24. The molecule has 0 saturated heterocycles. The van der Waals surface area contributed by atoms with Crippen molar-refractivity contribution in [3.05, 3.63) is 33.1 Å². The lowest BCUT2D eigenvalue weighted by Crippen LogP contribution is -2.24. The van der Waals surface area contributed by atoms with E-state index >= 15 is 0 Å². The smallest absolute Gasteiger partial charge is 0.188 e. The van der Waals surface area contributed by atoms with E-state index in [9.17, 15) is 0 Å². The number of hydrogen-bond acceptors (Lipinski definition) is 2. The van der Waals surface area contributed by atoms with E-state index in [1.165, 1.54) is 22.0 Å². The minimum Gasteiger partial charge on any atom is -0.287 e. The van der Waals surface area contributed by atoms with Gasteiger partial charge in [-0.05, 0) is 44.4 Å². The highest BCUT2D eigenvalue weighted by Gasteiger charge is 2.34. The van der Waals surface area contributed by atoms with E-state index in [0.29, 0.717) is 0 Å². The summed E-state index contributed by atoms with van der Waals surface area (Å²) >= 11 is 7.24. The van der Waals surface area contributed by atoms with Crippen LogP contribution in [0.25, 0.3) is 11.0 Å². The summed E-state index contributed by atoms with van der Waals surface area (Å²) in [6.45, 7) is 26.8. The Kier molecular flexibility index (Phi) is 5.97. The van der Waals surface area contributed by atoms with Crippen molar-refractivity contribution in [1.82, 2.24) is 0 Å². The Bertz CT molecular complexity index is 912. The van der Waals surface area contributed by atoms with Crippen molar-refractivity contribution in [1.29, 1.82) is 0 Å². The number of halogens is 1. The van der Waals surface area contributed by atoms with Crippen LogP contribution in [0.1, 0.15) is 105 Å². The van der Waals surface area contributed by atoms with Crippen LogP contribution >= 0.6 is 20.0 Å². The molecule has 0 aliphatic rings. The third kappa shape index (κ3) is 4.49. The van der Waals surface area contributed by atoms with Gasteiger partial charge in [-0.3, -0.25) is 8.93 Å². The van der Waals surface area contributed by atoms with Crippen molar-refractivity contribution >= 4 is 31.0 Å². The zero-order valence-corrected chi connectivity index (χ0v) is 21.5. The summed E-state index contributed by atoms with van der Waals surface area (Å²) in [7, 11) is 0.149. The molecule has 0 aliphatic carbocycles. The molecule has 1 aromatic carbocycles. The molecule has 1 aromatic heterocycles. The number of benzene rings is 1. The molecule has 4 heteroatoms. The fourth-order valence-electron chi connectivity index (χ4n) is 3.81. The lowest BCUT2D eigenvalue weighted by Gasteiger charge is -2.33. The molecule has 1 atom stereocenters. The van der Waals surface area contributed by atoms with Crippen molar-refractivity contribution in [2.24, 2.45) is 0 Å². The zero-order chi connectivity index (χ0) is 21.9. The molecule has 0 amide bonds. The fraction of sp³-hybridized carbons (Fsp3) is 0.667. The quantitative estimate of drug-likeness (QED) is 0.394. The second-order valence-electron chi connectivity index (χ2n) is 12.0. The molecule has 0 N–H and O–H groups in total. The number of fused-ring (bicyclic) bond motifs is 1. The fourth-order valence-corrected chi connectivity index (χ4v) is 5.51. The van der Waals surface area contributed by atoms with Gasteiger partial charge in [-0.1, -0.05) is 94.7 Å².